The van der Waals surface area contributed by atoms with Gasteiger partial charge in [-0.3, -0.25) is 0 Å². The quantitative estimate of drug-likeness (QED) is 0.325. The fourth-order valence-corrected chi connectivity index (χ4v) is 2.47. The number of hydrogen-bond acceptors (Lipinski definition) is 1. The van der Waals surface area contributed by atoms with Crippen LogP contribution in [0.1, 0.15) is 18.1 Å². The maximum absolute atomic E-state index is 14.0. The zero-order valence-corrected chi connectivity index (χ0v) is 13.8. The van der Waals surface area contributed by atoms with E-state index in [4.69, 9.17) is 0 Å². The van der Waals surface area contributed by atoms with Gasteiger partial charge in [-0.05, 0) is 30.5 Å². The average molecular weight is 380 g/mol. The molecular weight excluding hydrogens is 370 g/mol. The Kier molecular flexibility index (Phi) is 5.00. The molecule has 3 aromatic rings. The summed E-state index contributed by atoms with van der Waals surface area (Å²) >= 11 is 0. The Morgan fingerprint density at radius 1 is 0.778 bits per heavy atom. The Hall–Kier alpha value is -3.14. The van der Waals surface area contributed by atoms with Crippen LogP contribution in [0.3, 0.4) is 0 Å². The van der Waals surface area contributed by atoms with Crippen molar-refractivity contribution in [3.8, 4) is 17.6 Å². The molecule has 1 nitrogen and oxygen atoms in total. The van der Waals surface area contributed by atoms with Crippen molar-refractivity contribution in [2.75, 3.05) is 6.61 Å². The van der Waals surface area contributed by atoms with E-state index in [0.29, 0.717) is 5.39 Å². The highest BCUT2D eigenvalue weighted by Crippen LogP contribution is 2.29. The van der Waals surface area contributed by atoms with Gasteiger partial charge in [0.15, 0.2) is 29.0 Å². The highest BCUT2D eigenvalue weighted by molar-refractivity contribution is 5.84. The third-order valence-electron chi connectivity index (χ3n) is 3.75. The molecule has 0 unspecified atom stereocenters. The lowest BCUT2D eigenvalue weighted by Crippen LogP contribution is -2.06. The third kappa shape index (κ3) is 3.31. The summed E-state index contributed by atoms with van der Waals surface area (Å²) in [7, 11) is 0. The second-order valence-electron chi connectivity index (χ2n) is 5.44. The minimum absolute atomic E-state index is 0.00364. The van der Waals surface area contributed by atoms with Crippen molar-refractivity contribution in [3.05, 3.63) is 76.4 Å². The summed E-state index contributed by atoms with van der Waals surface area (Å²) in [6.45, 7) is 1.21. The molecular formula is C20H10F6O. The monoisotopic (exact) mass is 380 g/mol. The first-order valence-electron chi connectivity index (χ1n) is 7.73. The summed E-state index contributed by atoms with van der Waals surface area (Å²) in [4.78, 5) is 0. The lowest BCUT2D eigenvalue weighted by atomic mass is 10.1. The van der Waals surface area contributed by atoms with Gasteiger partial charge in [0.05, 0.1) is 6.61 Å². The molecule has 0 atom stereocenters. The van der Waals surface area contributed by atoms with Crippen LogP contribution in [0, 0.1) is 46.7 Å². The van der Waals surface area contributed by atoms with Crippen LogP contribution in [0.25, 0.3) is 10.8 Å². The van der Waals surface area contributed by atoms with Gasteiger partial charge in [0.2, 0.25) is 11.6 Å². The minimum Gasteiger partial charge on any atom is -0.488 e. The van der Waals surface area contributed by atoms with E-state index in [1.807, 2.05) is 5.92 Å². The van der Waals surface area contributed by atoms with Crippen molar-refractivity contribution < 1.29 is 31.1 Å². The largest absolute Gasteiger partial charge is 0.488 e. The van der Waals surface area contributed by atoms with E-state index in [0.717, 1.165) is 6.07 Å². The lowest BCUT2D eigenvalue weighted by molar-refractivity contribution is 0.286. The molecule has 0 heterocycles. The van der Waals surface area contributed by atoms with Crippen molar-refractivity contribution in [1.29, 1.82) is 0 Å². The van der Waals surface area contributed by atoms with Crippen LogP contribution in [-0.4, -0.2) is 6.61 Å². The van der Waals surface area contributed by atoms with Crippen molar-refractivity contribution in [1.82, 2.24) is 0 Å². The molecule has 0 aliphatic heterocycles. The van der Waals surface area contributed by atoms with Gasteiger partial charge in [0, 0.05) is 10.9 Å². The number of halogens is 6. The van der Waals surface area contributed by atoms with Crippen LogP contribution in [-0.2, 0) is 0 Å². The predicted molar refractivity (Wildman–Crippen MR) is 87.3 cm³/mol. The minimum atomic E-state index is -1.68. The zero-order chi connectivity index (χ0) is 19.7. The van der Waals surface area contributed by atoms with Crippen LogP contribution < -0.4 is 4.74 Å². The number of fused-ring (bicyclic) bond motifs is 1. The molecule has 0 fully saturated rings. The molecule has 138 valence electrons. The first-order valence-corrected chi connectivity index (χ1v) is 7.73. The van der Waals surface area contributed by atoms with Crippen LogP contribution in [0.2, 0.25) is 0 Å². The summed E-state index contributed by atoms with van der Waals surface area (Å²) in [5.74, 6) is -5.56. The van der Waals surface area contributed by atoms with Gasteiger partial charge in [-0.2, -0.15) is 8.78 Å². The number of ether oxygens (including phenoxy) is 1. The molecule has 3 rings (SSSR count). The lowest BCUT2D eigenvalue weighted by Gasteiger charge is -2.09. The molecule has 0 aliphatic carbocycles. The van der Waals surface area contributed by atoms with E-state index in [2.05, 4.69) is 10.7 Å². The summed E-state index contributed by atoms with van der Waals surface area (Å²) in [6.07, 6.45) is 0. The highest BCUT2D eigenvalue weighted by atomic mass is 19.2. The van der Waals surface area contributed by atoms with Crippen LogP contribution in [0.4, 0.5) is 26.3 Å². The van der Waals surface area contributed by atoms with Crippen LogP contribution in [0.5, 0.6) is 5.75 Å². The van der Waals surface area contributed by atoms with Gasteiger partial charge in [0.25, 0.3) is 0 Å². The van der Waals surface area contributed by atoms with E-state index in [9.17, 15) is 26.3 Å². The van der Waals surface area contributed by atoms with E-state index in [-0.39, 0.29) is 17.6 Å². The zero-order valence-electron chi connectivity index (χ0n) is 13.8. The second kappa shape index (κ2) is 7.23. The standard InChI is InChI=1S/C20H10F6O/c1-2-27-20-18(25)16(23)13(17(24)19(20)26)7-4-10-3-6-12-11(9-10)5-8-14(21)15(12)22/h3,5-6,8-9H,2H2,1H3. The molecule has 3 aromatic carbocycles. The van der Waals surface area contributed by atoms with E-state index in [1.165, 1.54) is 31.2 Å². The average Bonchev–Trinajstić information content (AvgIpc) is 2.66. The van der Waals surface area contributed by atoms with Gasteiger partial charge < -0.3 is 4.74 Å². The summed E-state index contributed by atoms with van der Waals surface area (Å²) in [6, 6.07) is 6.10. The van der Waals surface area contributed by atoms with Crippen LogP contribution in [0.15, 0.2) is 30.3 Å². The van der Waals surface area contributed by atoms with Crippen LogP contribution >= 0.6 is 0 Å². The molecule has 0 N–H and O–H groups in total. The molecule has 27 heavy (non-hydrogen) atoms. The fraction of sp³-hybridized carbons (Fsp3) is 0.100. The summed E-state index contributed by atoms with van der Waals surface area (Å²) in [5.41, 5.74) is -0.916. The summed E-state index contributed by atoms with van der Waals surface area (Å²) < 4.78 is 87.2. The van der Waals surface area contributed by atoms with Crippen molar-refractivity contribution in [2.24, 2.45) is 0 Å². The molecule has 0 radical (unpaired) electrons. The Morgan fingerprint density at radius 3 is 2.07 bits per heavy atom. The van der Waals surface area contributed by atoms with Gasteiger partial charge in [-0.1, -0.05) is 24.0 Å². The van der Waals surface area contributed by atoms with E-state index >= 15 is 0 Å². The molecule has 0 amide bonds. The van der Waals surface area contributed by atoms with Crippen molar-refractivity contribution in [3.63, 3.8) is 0 Å². The van der Waals surface area contributed by atoms with Crippen molar-refractivity contribution >= 4 is 10.8 Å². The number of rotatable bonds is 2. The molecule has 0 saturated carbocycles. The Morgan fingerprint density at radius 2 is 1.44 bits per heavy atom. The van der Waals surface area contributed by atoms with E-state index < -0.39 is 46.2 Å². The molecule has 0 aliphatic rings. The molecule has 0 aromatic heterocycles. The molecule has 0 saturated heterocycles. The molecule has 0 bridgehead atoms. The van der Waals surface area contributed by atoms with Gasteiger partial charge in [-0.25, -0.2) is 17.6 Å². The SMILES string of the molecule is CCOc1c(F)c(F)c(C#Cc2ccc3c(F)c(F)ccc3c2)c(F)c1F. The Bertz CT molecular complexity index is 1080. The molecule has 7 heteroatoms. The normalized spacial score (nSPS) is 10.6. The van der Waals surface area contributed by atoms with Gasteiger partial charge in [-0.15, -0.1) is 0 Å². The van der Waals surface area contributed by atoms with Crippen molar-refractivity contribution in [2.45, 2.75) is 6.92 Å². The maximum Gasteiger partial charge on any atom is 0.205 e. The number of hydrogen-bond donors (Lipinski definition) is 0. The third-order valence-corrected chi connectivity index (χ3v) is 3.75. The fourth-order valence-electron chi connectivity index (χ4n) is 2.47. The first kappa shape index (κ1) is 18.6. The summed E-state index contributed by atoms with van der Waals surface area (Å²) in [5, 5.41) is 0.293. The first-order chi connectivity index (χ1) is 12.8. The predicted octanol–water partition coefficient (Wildman–Crippen LogP) is 5.47. The topological polar surface area (TPSA) is 9.23 Å². The second-order valence-corrected chi connectivity index (χ2v) is 5.44. The molecule has 0 spiro atoms. The maximum atomic E-state index is 14.0. The number of benzene rings is 3. The smallest absolute Gasteiger partial charge is 0.205 e. The van der Waals surface area contributed by atoms with Gasteiger partial charge >= 0.3 is 0 Å². The Labute approximate surface area is 150 Å². The Balaban J connectivity index is 2.08. The highest BCUT2D eigenvalue weighted by Gasteiger charge is 2.25. The van der Waals surface area contributed by atoms with E-state index in [1.54, 1.807) is 0 Å². The van der Waals surface area contributed by atoms with Gasteiger partial charge in [0.1, 0.15) is 5.56 Å².